The third-order valence-corrected chi connectivity index (χ3v) is 2.86. The van der Waals surface area contributed by atoms with Crippen LogP contribution < -0.4 is 0 Å². The van der Waals surface area contributed by atoms with Crippen molar-refractivity contribution in [2.45, 2.75) is 0 Å². The lowest BCUT2D eigenvalue weighted by molar-refractivity contribution is 0.0396. The molecule has 88 valence electrons. The van der Waals surface area contributed by atoms with Crippen LogP contribution >= 0.6 is 31.9 Å². The average Bonchev–Trinajstić information content (AvgIpc) is 2.86. The number of rotatable bonds is 2. The molecule has 0 saturated carbocycles. The summed E-state index contributed by atoms with van der Waals surface area (Å²) in [6.07, 6.45) is 2.49. The Morgan fingerprint density at radius 3 is 2.47 bits per heavy atom. The van der Waals surface area contributed by atoms with E-state index in [0.29, 0.717) is 4.67 Å². The van der Waals surface area contributed by atoms with Crippen molar-refractivity contribution in [3.63, 3.8) is 0 Å². The van der Waals surface area contributed by atoms with Gasteiger partial charge in [-0.1, -0.05) is 0 Å². The van der Waals surface area contributed by atoms with E-state index >= 15 is 0 Å². The van der Waals surface area contributed by atoms with E-state index < -0.39 is 11.9 Å². The maximum Gasteiger partial charge on any atom is 0.350 e. The zero-order valence-electron chi connectivity index (χ0n) is 8.11. The van der Waals surface area contributed by atoms with Crippen molar-refractivity contribution >= 4 is 43.8 Å². The first kappa shape index (κ1) is 12.1. The molecule has 0 bridgehead atoms. The van der Waals surface area contributed by atoms with Gasteiger partial charge in [-0.05, 0) is 37.9 Å². The second-order valence-electron chi connectivity index (χ2n) is 2.92. The molecule has 0 unspecified atom stereocenters. The summed E-state index contributed by atoms with van der Waals surface area (Å²) >= 11 is 6.05. The van der Waals surface area contributed by atoms with Crippen LogP contribution in [0.4, 0.5) is 0 Å². The van der Waals surface area contributed by atoms with Gasteiger partial charge in [0.25, 0.3) is 0 Å². The molecule has 5 nitrogen and oxygen atoms in total. The van der Waals surface area contributed by atoms with Gasteiger partial charge in [-0.25, -0.2) is 9.59 Å². The summed E-state index contributed by atoms with van der Waals surface area (Å²) in [5.41, 5.74) is 0.283. The predicted molar refractivity (Wildman–Crippen MR) is 62.6 cm³/mol. The molecule has 0 aliphatic carbocycles. The first-order valence-electron chi connectivity index (χ1n) is 4.31. The van der Waals surface area contributed by atoms with Crippen molar-refractivity contribution in [2.24, 2.45) is 0 Å². The molecule has 0 aliphatic heterocycles. The highest BCUT2D eigenvalue weighted by Crippen LogP contribution is 2.20. The number of hydrogen-bond donors (Lipinski definition) is 0. The predicted octanol–water partition coefficient (Wildman–Crippen LogP) is 3.39. The SMILES string of the molecule is O=C(OC(=O)c1ccoc1Br)c1coc(Br)c1. The normalized spacial score (nSPS) is 10.2. The van der Waals surface area contributed by atoms with E-state index in [1.807, 2.05) is 0 Å². The lowest BCUT2D eigenvalue weighted by atomic mass is 10.3. The molecular weight excluding hydrogens is 360 g/mol. The van der Waals surface area contributed by atoms with Crippen LogP contribution in [0.5, 0.6) is 0 Å². The van der Waals surface area contributed by atoms with Gasteiger partial charge in [0.1, 0.15) is 11.8 Å². The number of furan rings is 2. The fourth-order valence-corrected chi connectivity index (χ4v) is 1.80. The van der Waals surface area contributed by atoms with E-state index in [2.05, 4.69) is 36.6 Å². The lowest BCUT2D eigenvalue weighted by Gasteiger charge is -1.98. The molecular formula is C10H4Br2O5. The Kier molecular flexibility index (Phi) is 3.49. The van der Waals surface area contributed by atoms with Gasteiger partial charge in [0.05, 0.1) is 11.8 Å². The van der Waals surface area contributed by atoms with Gasteiger partial charge >= 0.3 is 11.9 Å². The molecule has 0 N–H and O–H groups in total. The quantitative estimate of drug-likeness (QED) is 0.604. The average molecular weight is 364 g/mol. The van der Waals surface area contributed by atoms with Crippen LogP contribution in [0.25, 0.3) is 0 Å². The van der Waals surface area contributed by atoms with Crippen LogP contribution in [-0.4, -0.2) is 11.9 Å². The van der Waals surface area contributed by atoms with Crippen molar-refractivity contribution in [1.29, 1.82) is 0 Å². The molecule has 0 amide bonds. The number of carbonyl (C=O) groups is 2. The number of halogens is 2. The molecule has 2 aromatic heterocycles. The van der Waals surface area contributed by atoms with E-state index in [1.54, 1.807) is 0 Å². The monoisotopic (exact) mass is 362 g/mol. The van der Waals surface area contributed by atoms with Gasteiger partial charge in [-0.15, -0.1) is 0 Å². The Morgan fingerprint density at radius 1 is 1.18 bits per heavy atom. The Labute approximate surface area is 112 Å². The molecule has 7 heteroatoms. The Bertz CT molecular complexity index is 569. The molecule has 0 aromatic carbocycles. The number of hydrogen-bond acceptors (Lipinski definition) is 5. The molecule has 0 radical (unpaired) electrons. The summed E-state index contributed by atoms with van der Waals surface area (Å²) in [5.74, 6) is -1.59. The van der Waals surface area contributed by atoms with Crippen LogP contribution in [0.1, 0.15) is 20.7 Å². The highest BCUT2D eigenvalue weighted by atomic mass is 79.9. The van der Waals surface area contributed by atoms with Crippen LogP contribution in [-0.2, 0) is 4.74 Å². The second-order valence-corrected chi connectivity index (χ2v) is 4.43. The number of ether oxygens (including phenoxy) is 1. The van der Waals surface area contributed by atoms with Gasteiger partial charge in [-0.3, -0.25) is 0 Å². The Hall–Kier alpha value is -1.34. The molecule has 2 heterocycles. The first-order valence-corrected chi connectivity index (χ1v) is 5.90. The van der Waals surface area contributed by atoms with Gasteiger partial charge in [0, 0.05) is 6.07 Å². The molecule has 0 atom stereocenters. The van der Waals surface area contributed by atoms with E-state index in [-0.39, 0.29) is 15.8 Å². The molecule has 2 rings (SSSR count). The molecule has 17 heavy (non-hydrogen) atoms. The second kappa shape index (κ2) is 4.89. The topological polar surface area (TPSA) is 69.7 Å². The van der Waals surface area contributed by atoms with Crippen LogP contribution in [0, 0.1) is 0 Å². The highest BCUT2D eigenvalue weighted by molar-refractivity contribution is 9.10. The van der Waals surface area contributed by atoms with Crippen LogP contribution in [0.15, 0.2) is 42.8 Å². The zero-order chi connectivity index (χ0) is 12.4. The minimum atomic E-state index is -0.798. The standard InChI is InChI=1S/C10H4Br2O5/c11-7-3-5(4-16-7)9(13)17-10(14)6-1-2-15-8(6)12/h1-4H. The summed E-state index contributed by atoms with van der Waals surface area (Å²) in [6, 6.07) is 2.80. The molecule has 0 spiro atoms. The first-order chi connectivity index (χ1) is 8.08. The summed E-state index contributed by atoms with van der Waals surface area (Å²) in [7, 11) is 0. The van der Waals surface area contributed by atoms with E-state index in [9.17, 15) is 9.59 Å². The summed E-state index contributed by atoms with van der Waals surface area (Å²) in [6.45, 7) is 0. The van der Waals surface area contributed by atoms with Crippen molar-refractivity contribution in [3.05, 3.63) is 45.1 Å². The van der Waals surface area contributed by atoms with Crippen molar-refractivity contribution < 1.29 is 23.2 Å². The van der Waals surface area contributed by atoms with Crippen molar-refractivity contribution in [2.75, 3.05) is 0 Å². The minimum Gasteiger partial charge on any atom is -0.457 e. The highest BCUT2D eigenvalue weighted by Gasteiger charge is 2.20. The van der Waals surface area contributed by atoms with Gasteiger partial charge in [0.15, 0.2) is 9.34 Å². The van der Waals surface area contributed by atoms with Crippen molar-refractivity contribution in [1.82, 2.24) is 0 Å². The third-order valence-electron chi connectivity index (χ3n) is 1.83. The third kappa shape index (κ3) is 2.67. The summed E-state index contributed by atoms with van der Waals surface area (Å²) in [5, 5.41) is 0. The fourth-order valence-electron chi connectivity index (χ4n) is 1.05. The largest absolute Gasteiger partial charge is 0.457 e. The van der Waals surface area contributed by atoms with E-state index in [1.165, 1.54) is 24.7 Å². The summed E-state index contributed by atoms with van der Waals surface area (Å²) in [4.78, 5) is 23.0. The molecule has 0 fully saturated rings. The Balaban J connectivity index is 2.10. The van der Waals surface area contributed by atoms with Crippen LogP contribution in [0.2, 0.25) is 0 Å². The number of esters is 2. The fraction of sp³-hybridized carbons (Fsp3) is 0. The molecule has 2 aromatic rings. The van der Waals surface area contributed by atoms with Gasteiger partial charge in [-0.2, -0.15) is 0 Å². The summed E-state index contributed by atoms with van der Waals surface area (Å²) < 4.78 is 14.9. The van der Waals surface area contributed by atoms with Gasteiger partial charge in [0.2, 0.25) is 0 Å². The maximum absolute atomic E-state index is 11.5. The maximum atomic E-state index is 11.5. The minimum absolute atomic E-state index is 0.140. The van der Waals surface area contributed by atoms with Crippen molar-refractivity contribution in [3.8, 4) is 0 Å². The van der Waals surface area contributed by atoms with Crippen LogP contribution in [0.3, 0.4) is 0 Å². The number of carbonyl (C=O) groups excluding carboxylic acids is 2. The zero-order valence-corrected chi connectivity index (χ0v) is 11.3. The molecule has 0 aliphatic rings. The molecule has 0 saturated heterocycles. The van der Waals surface area contributed by atoms with E-state index in [4.69, 9.17) is 8.83 Å². The van der Waals surface area contributed by atoms with E-state index in [0.717, 1.165) is 0 Å². The van der Waals surface area contributed by atoms with Gasteiger partial charge < -0.3 is 13.6 Å². The smallest absolute Gasteiger partial charge is 0.350 e. The lowest BCUT2D eigenvalue weighted by Crippen LogP contribution is -2.11. The Morgan fingerprint density at radius 2 is 1.94 bits per heavy atom.